The molecule has 1 saturated heterocycles. The lowest BCUT2D eigenvalue weighted by Gasteiger charge is -2.34. The maximum Gasteiger partial charge on any atom is 0.310 e. The normalized spacial score (nSPS) is 17.4. The van der Waals surface area contributed by atoms with Gasteiger partial charge in [0.15, 0.2) is 5.96 Å². The molecule has 1 unspecified atom stereocenters. The number of esters is 1. The lowest BCUT2D eigenvalue weighted by Crippen LogP contribution is -2.48. The van der Waals surface area contributed by atoms with Crippen molar-refractivity contribution in [2.45, 2.75) is 33.2 Å². The number of carbonyl (C=O) groups excluding carboxylic acids is 1. The van der Waals surface area contributed by atoms with Crippen molar-refractivity contribution in [3.8, 4) is 5.69 Å². The average Bonchev–Trinajstić information content (AvgIpc) is 3.27. The zero-order valence-corrected chi connectivity index (χ0v) is 16.7. The first-order valence-corrected chi connectivity index (χ1v) is 10.00. The second-order valence-electron chi connectivity index (χ2n) is 6.82. The molecule has 3 rings (SSSR count). The van der Waals surface area contributed by atoms with Crippen LogP contribution in [0.1, 0.15) is 32.3 Å². The first-order valence-electron chi connectivity index (χ1n) is 10.00. The molecule has 7 heteroatoms. The molecule has 0 bridgehead atoms. The van der Waals surface area contributed by atoms with Crippen LogP contribution in [0.5, 0.6) is 0 Å². The predicted molar refractivity (Wildman–Crippen MR) is 109 cm³/mol. The summed E-state index contributed by atoms with van der Waals surface area (Å²) in [5.41, 5.74) is 2.16. The highest BCUT2D eigenvalue weighted by Crippen LogP contribution is 2.18. The van der Waals surface area contributed by atoms with Crippen molar-refractivity contribution in [3.05, 3.63) is 48.3 Å². The molecule has 1 aliphatic rings. The second-order valence-corrected chi connectivity index (χ2v) is 6.82. The lowest BCUT2D eigenvalue weighted by atomic mass is 9.98. The van der Waals surface area contributed by atoms with Crippen molar-refractivity contribution in [2.75, 3.05) is 26.2 Å². The standard InChI is InChI=1S/C21H29N5O2/c1-3-22-21(25-13-5-7-18(16-25)20(27)28-4-2)23-15-17-8-10-19(11-9-17)26-14-6-12-24-26/h6,8-12,14,18H,3-5,7,13,15-16H2,1-2H3,(H,22,23). The van der Waals surface area contributed by atoms with Gasteiger partial charge >= 0.3 is 5.97 Å². The Bertz CT molecular complexity index is 771. The quantitative estimate of drug-likeness (QED) is 0.472. The van der Waals surface area contributed by atoms with Crippen LogP contribution in [0, 0.1) is 5.92 Å². The Hall–Kier alpha value is -2.83. The first kappa shape index (κ1) is 19.9. The summed E-state index contributed by atoms with van der Waals surface area (Å²) in [5, 5.41) is 7.60. The Morgan fingerprint density at radius 2 is 2.14 bits per heavy atom. The number of likely N-dealkylation sites (tertiary alicyclic amines) is 1. The fourth-order valence-electron chi connectivity index (χ4n) is 3.39. The second kappa shape index (κ2) is 9.92. The zero-order valence-electron chi connectivity index (χ0n) is 16.7. The molecule has 0 saturated carbocycles. The van der Waals surface area contributed by atoms with Gasteiger partial charge in [-0.2, -0.15) is 5.10 Å². The summed E-state index contributed by atoms with van der Waals surface area (Å²) in [5.74, 6) is 0.677. The van der Waals surface area contributed by atoms with Crippen molar-refractivity contribution < 1.29 is 9.53 Å². The maximum absolute atomic E-state index is 12.1. The molecule has 28 heavy (non-hydrogen) atoms. The van der Waals surface area contributed by atoms with Crippen molar-refractivity contribution >= 4 is 11.9 Å². The number of piperidine rings is 1. The van der Waals surface area contributed by atoms with E-state index in [0.29, 0.717) is 19.7 Å². The van der Waals surface area contributed by atoms with E-state index < -0.39 is 0 Å². The van der Waals surface area contributed by atoms with Crippen molar-refractivity contribution in [3.63, 3.8) is 0 Å². The Labute approximate surface area is 166 Å². The molecule has 0 amide bonds. The molecule has 0 aliphatic carbocycles. The first-order chi connectivity index (χ1) is 13.7. The van der Waals surface area contributed by atoms with E-state index in [0.717, 1.165) is 43.1 Å². The minimum Gasteiger partial charge on any atom is -0.466 e. The Balaban J connectivity index is 1.65. The number of nitrogens with zero attached hydrogens (tertiary/aromatic N) is 4. The Morgan fingerprint density at radius 3 is 2.82 bits per heavy atom. The van der Waals surface area contributed by atoms with Crippen molar-refractivity contribution in [1.29, 1.82) is 0 Å². The van der Waals surface area contributed by atoms with Crippen LogP contribution in [0.15, 0.2) is 47.7 Å². The van der Waals surface area contributed by atoms with Gasteiger partial charge < -0.3 is 15.0 Å². The van der Waals surface area contributed by atoms with Crippen LogP contribution in [-0.4, -0.2) is 52.9 Å². The number of hydrogen-bond acceptors (Lipinski definition) is 4. The molecule has 0 spiro atoms. The summed E-state index contributed by atoms with van der Waals surface area (Å²) < 4.78 is 7.04. The van der Waals surface area contributed by atoms with Gasteiger partial charge in [0.05, 0.1) is 24.8 Å². The SMILES string of the molecule is CCNC(=NCc1ccc(-n2cccn2)cc1)N1CCCC(C(=O)OCC)C1. The maximum atomic E-state index is 12.1. The van der Waals surface area contributed by atoms with Crippen LogP contribution >= 0.6 is 0 Å². The molecule has 2 heterocycles. The van der Waals surface area contributed by atoms with Gasteiger partial charge in [-0.15, -0.1) is 0 Å². The Morgan fingerprint density at radius 1 is 1.32 bits per heavy atom. The summed E-state index contributed by atoms with van der Waals surface area (Å²) in [6.45, 7) is 7.27. The number of hydrogen-bond donors (Lipinski definition) is 1. The molecule has 1 atom stereocenters. The Kier molecular flexibility index (Phi) is 7.06. The molecule has 0 radical (unpaired) electrons. The van der Waals surface area contributed by atoms with E-state index in [9.17, 15) is 4.79 Å². The van der Waals surface area contributed by atoms with Crippen LogP contribution in [0.4, 0.5) is 0 Å². The van der Waals surface area contributed by atoms with E-state index in [1.54, 1.807) is 6.20 Å². The van der Waals surface area contributed by atoms with Crippen LogP contribution < -0.4 is 5.32 Å². The largest absolute Gasteiger partial charge is 0.466 e. The summed E-state index contributed by atoms with van der Waals surface area (Å²) in [6.07, 6.45) is 5.53. The number of carbonyl (C=O) groups is 1. The number of nitrogens with one attached hydrogen (secondary N) is 1. The third kappa shape index (κ3) is 5.12. The number of guanidine groups is 1. The molecular weight excluding hydrogens is 354 g/mol. The van der Waals surface area contributed by atoms with Gasteiger partial charge in [0.2, 0.25) is 0 Å². The topological polar surface area (TPSA) is 71.8 Å². The number of rotatable bonds is 6. The minimum atomic E-state index is -0.0998. The van der Waals surface area contributed by atoms with E-state index in [4.69, 9.17) is 9.73 Å². The van der Waals surface area contributed by atoms with E-state index in [-0.39, 0.29) is 11.9 Å². The van der Waals surface area contributed by atoms with E-state index >= 15 is 0 Å². The van der Waals surface area contributed by atoms with Crippen LogP contribution in [0.3, 0.4) is 0 Å². The summed E-state index contributed by atoms with van der Waals surface area (Å²) in [4.78, 5) is 19.1. The van der Waals surface area contributed by atoms with Crippen molar-refractivity contribution in [1.82, 2.24) is 20.0 Å². The molecule has 1 aliphatic heterocycles. The third-order valence-corrected chi connectivity index (χ3v) is 4.79. The van der Waals surface area contributed by atoms with E-state index in [2.05, 4.69) is 34.4 Å². The number of ether oxygens (including phenoxy) is 1. The van der Waals surface area contributed by atoms with Gasteiger partial charge in [-0.3, -0.25) is 4.79 Å². The molecule has 1 aromatic heterocycles. The third-order valence-electron chi connectivity index (χ3n) is 4.79. The monoisotopic (exact) mass is 383 g/mol. The highest BCUT2D eigenvalue weighted by Gasteiger charge is 2.28. The van der Waals surface area contributed by atoms with Crippen molar-refractivity contribution in [2.24, 2.45) is 10.9 Å². The van der Waals surface area contributed by atoms with Gasteiger partial charge in [-0.05, 0) is 50.5 Å². The molecule has 1 N–H and O–H groups in total. The van der Waals surface area contributed by atoms with E-state index in [1.807, 2.05) is 36.0 Å². The van der Waals surface area contributed by atoms with Crippen LogP contribution in [-0.2, 0) is 16.1 Å². The minimum absolute atomic E-state index is 0.0779. The summed E-state index contributed by atoms with van der Waals surface area (Å²) in [7, 11) is 0. The highest BCUT2D eigenvalue weighted by molar-refractivity contribution is 5.81. The summed E-state index contributed by atoms with van der Waals surface area (Å²) >= 11 is 0. The number of aliphatic imine (C=N–C) groups is 1. The van der Waals surface area contributed by atoms with E-state index in [1.165, 1.54) is 0 Å². The molecule has 2 aromatic rings. The smallest absolute Gasteiger partial charge is 0.310 e. The fraction of sp³-hybridized carbons (Fsp3) is 0.476. The zero-order chi connectivity index (χ0) is 19.8. The van der Waals surface area contributed by atoms with Crippen LogP contribution in [0.2, 0.25) is 0 Å². The van der Waals surface area contributed by atoms with Gasteiger partial charge in [-0.1, -0.05) is 12.1 Å². The number of aromatic nitrogens is 2. The van der Waals surface area contributed by atoms with Gasteiger partial charge in [0.1, 0.15) is 0 Å². The predicted octanol–water partition coefficient (Wildman–Crippen LogP) is 2.61. The van der Waals surface area contributed by atoms with Gasteiger partial charge in [-0.25, -0.2) is 9.67 Å². The molecular formula is C21H29N5O2. The van der Waals surface area contributed by atoms with Gasteiger partial charge in [0.25, 0.3) is 0 Å². The average molecular weight is 383 g/mol. The molecule has 150 valence electrons. The summed E-state index contributed by atoms with van der Waals surface area (Å²) in [6, 6.07) is 10.1. The highest BCUT2D eigenvalue weighted by atomic mass is 16.5. The molecule has 7 nitrogen and oxygen atoms in total. The fourth-order valence-corrected chi connectivity index (χ4v) is 3.39. The number of benzene rings is 1. The van der Waals surface area contributed by atoms with Crippen LogP contribution in [0.25, 0.3) is 5.69 Å². The van der Waals surface area contributed by atoms with Gasteiger partial charge in [0, 0.05) is 32.0 Å². The lowest BCUT2D eigenvalue weighted by molar-refractivity contribution is -0.149. The molecule has 1 fully saturated rings. The molecule has 1 aromatic carbocycles.